The summed E-state index contributed by atoms with van der Waals surface area (Å²) in [7, 11) is 0. The Labute approximate surface area is 188 Å². The van der Waals surface area contributed by atoms with Gasteiger partial charge in [-0.05, 0) is 59.8 Å². The minimum absolute atomic E-state index is 0.338. The SMILES string of the molecule is O=C1NC(=O)C(=Cc2ccc(OCCN3c4ccccc4Sc4ccccc43)cc2)S1. The fourth-order valence-electron chi connectivity index (χ4n) is 3.51. The number of hydrogen-bond donors (Lipinski definition) is 1. The summed E-state index contributed by atoms with van der Waals surface area (Å²) in [5, 5.41) is 1.92. The Kier molecular flexibility index (Phi) is 5.44. The Bertz CT molecular complexity index is 1150. The zero-order valence-corrected chi connectivity index (χ0v) is 18.0. The molecule has 1 N–H and O–H groups in total. The van der Waals surface area contributed by atoms with Crippen LogP contribution in [0.15, 0.2) is 87.5 Å². The summed E-state index contributed by atoms with van der Waals surface area (Å²) < 4.78 is 5.99. The highest BCUT2D eigenvalue weighted by Gasteiger charge is 2.25. The molecule has 5 rings (SSSR count). The van der Waals surface area contributed by atoms with Gasteiger partial charge in [0.15, 0.2) is 0 Å². The zero-order chi connectivity index (χ0) is 21.2. The molecule has 1 fully saturated rings. The molecule has 0 spiro atoms. The quantitative estimate of drug-likeness (QED) is 0.508. The highest BCUT2D eigenvalue weighted by Crippen LogP contribution is 2.47. The first-order valence-corrected chi connectivity index (χ1v) is 11.4. The molecule has 0 aliphatic carbocycles. The van der Waals surface area contributed by atoms with Gasteiger partial charge in [0.25, 0.3) is 11.1 Å². The van der Waals surface area contributed by atoms with Crippen molar-refractivity contribution in [3.05, 3.63) is 83.3 Å². The van der Waals surface area contributed by atoms with Crippen molar-refractivity contribution in [2.75, 3.05) is 18.1 Å². The van der Waals surface area contributed by atoms with Crippen LogP contribution < -0.4 is 15.0 Å². The van der Waals surface area contributed by atoms with Crippen molar-refractivity contribution in [3.63, 3.8) is 0 Å². The molecular formula is C24H18N2O3S2. The zero-order valence-electron chi connectivity index (χ0n) is 16.4. The summed E-state index contributed by atoms with van der Waals surface area (Å²) in [6.45, 7) is 1.25. The lowest BCUT2D eigenvalue weighted by Crippen LogP contribution is -2.26. The number of para-hydroxylation sites is 2. The number of hydrogen-bond acceptors (Lipinski definition) is 6. The van der Waals surface area contributed by atoms with Gasteiger partial charge in [-0.3, -0.25) is 14.9 Å². The molecule has 2 aliphatic heterocycles. The third-order valence-electron chi connectivity index (χ3n) is 4.94. The van der Waals surface area contributed by atoms with E-state index in [1.807, 2.05) is 24.3 Å². The number of fused-ring (bicyclic) bond motifs is 2. The van der Waals surface area contributed by atoms with E-state index < -0.39 is 0 Å². The van der Waals surface area contributed by atoms with Crippen LogP contribution >= 0.6 is 23.5 Å². The monoisotopic (exact) mass is 446 g/mol. The van der Waals surface area contributed by atoms with Crippen LogP contribution in [0.4, 0.5) is 16.2 Å². The van der Waals surface area contributed by atoms with Gasteiger partial charge >= 0.3 is 0 Å². The van der Waals surface area contributed by atoms with Crippen LogP contribution in [0.2, 0.25) is 0 Å². The molecule has 154 valence electrons. The maximum atomic E-state index is 11.7. The Balaban J connectivity index is 1.26. The average Bonchev–Trinajstić information content (AvgIpc) is 3.11. The van der Waals surface area contributed by atoms with E-state index in [0.29, 0.717) is 11.5 Å². The molecule has 3 aromatic carbocycles. The number of ether oxygens (including phenoxy) is 1. The lowest BCUT2D eigenvalue weighted by Gasteiger charge is -2.32. The summed E-state index contributed by atoms with van der Waals surface area (Å²) in [6.07, 6.45) is 1.70. The van der Waals surface area contributed by atoms with Crippen LogP contribution in [0.25, 0.3) is 6.08 Å². The molecule has 0 radical (unpaired) electrons. The Hall–Kier alpha value is -3.16. The van der Waals surface area contributed by atoms with Gasteiger partial charge in [-0.1, -0.05) is 48.2 Å². The standard InChI is InChI=1S/C24H18N2O3S2/c27-23-22(31-24(28)25-23)15-16-9-11-17(12-10-16)29-14-13-26-18-5-1-3-7-20(18)30-21-8-4-2-6-19(21)26/h1-12,15H,13-14H2,(H,25,27,28). The van der Waals surface area contributed by atoms with Gasteiger partial charge in [0, 0.05) is 9.79 Å². The minimum atomic E-state index is -0.351. The molecule has 5 nitrogen and oxygen atoms in total. The van der Waals surface area contributed by atoms with Gasteiger partial charge in [-0.25, -0.2) is 0 Å². The van der Waals surface area contributed by atoms with Crippen molar-refractivity contribution < 1.29 is 14.3 Å². The molecule has 2 heterocycles. The van der Waals surface area contributed by atoms with Gasteiger partial charge in [-0.2, -0.15) is 0 Å². The number of carbonyl (C=O) groups excluding carboxylic acids is 2. The average molecular weight is 447 g/mol. The molecule has 0 aromatic heterocycles. The summed E-state index contributed by atoms with van der Waals surface area (Å²) in [5.74, 6) is 0.408. The number of benzene rings is 3. The molecule has 2 amide bonds. The first-order valence-electron chi connectivity index (χ1n) is 9.78. The van der Waals surface area contributed by atoms with E-state index in [1.165, 1.54) is 21.2 Å². The third-order valence-corrected chi connectivity index (χ3v) is 6.88. The lowest BCUT2D eigenvalue weighted by atomic mass is 10.2. The summed E-state index contributed by atoms with van der Waals surface area (Å²) >= 11 is 2.71. The largest absolute Gasteiger partial charge is 0.492 e. The van der Waals surface area contributed by atoms with Crippen molar-refractivity contribution in [2.24, 2.45) is 0 Å². The smallest absolute Gasteiger partial charge is 0.290 e. The first-order chi connectivity index (χ1) is 15.2. The Morgan fingerprint density at radius 2 is 1.48 bits per heavy atom. The molecule has 1 saturated heterocycles. The highest BCUT2D eigenvalue weighted by molar-refractivity contribution is 8.18. The van der Waals surface area contributed by atoms with Crippen LogP contribution in [-0.2, 0) is 4.79 Å². The van der Waals surface area contributed by atoms with Crippen molar-refractivity contribution >= 4 is 52.1 Å². The third kappa shape index (κ3) is 4.19. The number of nitrogens with zero attached hydrogens (tertiary/aromatic N) is 1. The number of nitrogens with one attached hydrogen (secondary N) is 1. The maximum absolute atomic E-state index is 11.7. The van der Waals surface area contributed by atoms with Gasteiger partial charge in [0.2, 0.25) is 0 Å². The van der Waals surface area contributed by atoms with Crippen LogP contribution in [-0.4, -0.2) is 24.3 Å². The lowest BCUT2D eigenvalue weighted by molar-refractivity contribution is -0.115. The predicted octanol–water partition coefficient (Wildman–Crippen LogP) is 5.69. The molecule has 7 heteroatoms. The number of anilines is 2. The number of thioether (sulfide) groups is 1. The number of imide groups is 1. The van der Waals surface area contributed by atoms with Gasteiger partial charge in [0.1, 0.15) is 12.4 Å². The van der Waals surface area contributed by atoms with Gasteiger partial charge in [-0.15, -0.1) is 0 Å². The molecular weight excluding hydrogens is 428 g/mol. The van der Waals surface area contributed by atoms with Crippen molar-refractivity contribution in [2.45, 2.75) is 9.79 Å². The van der Waals surface area contributed by atoms with E-state index in [-0.39, 0.29) is 11.1 Å². The molecule has 0 atom stereocenters. The Morgan fingerprint density at radius 1 is 0.839 bits per heavy atom. The number of carbonyl (C=O) groups is 2. The molecule has 3 aromatic rings. The van der Waals surface area contributed by atoms with Crippen molar-refractivity contribution in [1.82, 2.24) is 5.32 Å². The molecule has 0 saturated carbocycles. The van der Waals surface area contributed by atoms with Crippen LogP contribution in [0, 0.1) is 0 Å². The van der Waals surface area contributed by atoms with Gasteiger partial charge < -0.3 is 9.64 Å². The second kappa shape index (κ2) is 8.53. The summed E-state index contributed by atoms with van der Waals surface area (Å²) in [5.41, 5.74) is 3.23. The Morgan fingerprint density at radius 3 is 2.10 bits per heavy atom. The number of amides is 2. The van der Waals surface area contributed by atoms with Crippen LogP contribution in [0.5, 0.6) is 5.75 Å². The predicted molar refractivity (Wildman–Crippen MR) is 125 cm³/mol. The van der Waals surface area contributed by atoms with Crippen molar-refractivity contribution in [1.29, 1.82) is 0 Å². The molecule has 0 unspecified atom stereocenters. The van der Waals surface area contributed by atoms with E-state index >= 15 is 0 Å². The van der Waals surface area contributed by atoms with Crippen molar-refractivity contribution in [3.8, 4) is 5.75 Å². The minimum Gasteiger partial charge on any atom is -0.492 e. The fraction of sp³-hybridized carbons (Fsp3) is 0.0833. The molecule has 0 bridgehead atoms. The van der Waals surface area contributed by atoms with Crippen LogP contribution in [0.1, 0.15) is 5.56 Å². The fourth-order valence-corrected chi connectivity index (χ4v) is 5.29. The molecule has 2 aliphatic rings. The van der Waals surface area contributed by atoms with Crippen LogP contribution in [0.3, 0.4) is 0 Å². The highest BCUT2D eigenvalue weighted by atomic mass is 32.2. The maximum Gasteiger partial charge on any atom is 0.290 e. The number of rotatable bonds is 5. The first kappa shape index (κ1) is 19.8. The summed E-state index contributed by atoms with van der Waals surface area (Å²) in [4.78, 5) is 28.1. The topological polar surface area (TPSA) is 58.6 Å². The van der Waals surface area contributed by atoms with E-state index in [1.54, 1.807) is 17.8 Å². The second-order valence-electron chi connectivity index (χ2n) is 6.96. The van der Waals surface area contributed by atoms with Gasteiger partial charge in [0.05, 0.1) is 22.8 Å². The molecule has 31 heavy (non-hydrogen) atoms. The van der Waals surface area contributed by atoms with E-state index in [2.05, 4.69) is 58.7 Å². The second-order valence-corrected chi connectivity index (χ2v) is 9.06. The van der Waals surface area contributed by atoms with E-state index in [9.17, 15) is 9.59 Å². The summed E-state index contributed by atoms with van der Waals surface area (Å²) in [6, 6.07) is 24.3. The normalized spacial score (nSPS) is 16.1. The van der Waals surface area contributed by atoms with E-state index in [4.69, 9.17) is 4.74 Å². The van der Waals surface area contributed by atoms with E-state index in [0.717, 1.165) is 29.6 Å².